The van der Waals surface area contributed by atoms with Crippen molar-refractivity contribution in [3.63, 3.8) is 0 Å². The molecule has 1 fully saturated rings. The lowest BCUT2D eigenvalue weighted by molar-refractivity contribution is -0.136. The van der Waals surface area contributed by atoms with Gasteiger partial charge in [-0.05, 0) is 24.8 Å². The number of nitrogens with zero attached hydrogens (tertiary/aromatic N) is 1. The number of ether oxygens (including phenoxy) is 1. The summed E-state index contributed by atoms with van der Waals surface area (Å²) >= 11 is 0. The van der Waals surface area contributed by atoms with E-state index in [4.69, 9.17) is 4.74 Å². The predicted molar refractivity (Wildman–Crippen MR) is 65.4 cm³/mol. The Kier molecular flexibility index (Phi) is 6.86. The molecule has 0 aromatic carbocycles. The molecule has 0 aliphatic carbocycles. The molecule has 1 aliphatic heterocycles. The van der Waals surface area contributed by atoms with E-state index in [2.05, 4.69) is 6.92 Å². The van der Waals surface area contributed by atoms with Crippen LogP contribution in [0.3, 0.4) is 0 Å². The number of rotatable bonds is 6. The molecule has 104 valence electrons. The van der Waals surface area contributed by atoms with Crippen molar-refractivity contribution in [1.29, 1.82) is 0 Å². The Morgan fingerprint density at radius 2 is 1.94 bits per heavy atom. The highest BCUT2D eigenvalue weighted by atomic mass is 19.3. The van der Waals surface area contributed by atoms with E-state index in [0.717, 1.165) is 19.3 Å². The SMILES string of the molecule is CCCCCOCC(=O)N1CCC(=C(F)F)CC1. The second kappa shape index (κ2) is 8.19. The van der Waals surface area contributed by atoms with E-state index in [9.17, 15) is 13.6 Å². The summed E-state index contributed by atoms with van der Waals surface area (Å²) in [7, 11) is 0. The van der Waals surface area contributed by atoms with Gasteiger partial charge in [-0.15, -0.1) is 0 Å². The van der Waals surface area contributed by atoms with Crippen molar-refractivity contribution in [2.45, 2.75) is 39.0 Å². The van der Waals surface area contributed by atoms with Gasteiger partial charge in [0.05, 0.1) is 0 Å². The second-order valence-corrected chi connectivity index (χ2v) is 4.50. The number of carbonyl (C=O) groups excluding carboxylic acids is 1. The topological polar surface area (TPSA) is 29.5 Å². The average molecular weight is 261 g/mol. The van der Waals surface area contributed by atoms with Gasteiger partial charge >= 0.3 is 0 Å². The van der Waals surface area contributed by atoms with Crippen LogP contribution in [0.1, 0.15) is 39.0 Å². The lowest BCUT2D eigenvalue weighted by atomic mass is 10.1. The highest BCUT2D eigenvalue weighted by Crippen LogP contribution is 2.21. The van der Waals surface area contributed by atoms with Gasteiger partial charge in [0.2, 0.25) is 5.91 Å². The normalized spacial score (nSPS) is 15.9. The van der Waals surface area contributed by atoms with Crippen LogP contribution in [0.2, 0.25) is 0 Å². The number of unbranched alkanes of at least 4 members (excludes halogenated alkanes) is 2. The van der Waals surface area contributed by atoms with Crippen molar-refractivity contribution in [3.05, 3.63) is 11.7 Å². The molecule has 0 bridgehead atoms. The van der Waals surface area contributed by atoms with E-state index >= 15 is 0 Å². The monoisotopic (exact) mass is 261 g/mol. The highest BCUT2D eigenvalue weighted by molar-refractivity contribution is 5.77. The van der Waals surface area contributed by atoms with Crippen molar-refractivity contribution in [2.24, 2.45) is 0 Å². The molecule has 5 heteroatoms. The molecular formula is C13H21F2NO2. The summed E-state index contributed by atoms with van der Waals surface area (Å²) in [5.41, 5.74) is 0.183. The van der Waals surface area contributed by atoms with Crippen LogP contribution >= 0.6 is 0 Å². The Bertz CT molecular complexity index is 291. The molecule has 1 amide bonds. The zero-order chi connectivity index (χ0) is 13.4. The first kappa shape index (κ1) is 15.1. The number of carbonyl (C=O) groups is 1. The minimum atomic E-state index is -1.59. The van der Waals surface area contributed by atoms with Gasteiger partial charge in [0.25, 0.3) is 6.08 Å². The molecule has 0 aromatic rings. The lowest BCUT2D eigenvalue weighted by Crippen LogP contribution is -2.38. The molecule has 0 radical (unpaired) electrons. The van der Waals surface area contributed by atoms with Gasteiger partial charge in [0.15, 0.2) is 0 Å². The third-order valence-corrected chi connectivity index (χ3v) is 3.10. The number of hydrogen-bond acceptors (Lipinski definition) is 2. The van der Waals surface area contributed by atoms with Crippen LogP contribution in [0, 0.1) is 0 Å². The summed E-state index contributed by atoms with van der Waals surface area (Å²) in [5, 5.41) is 0. The van der Waals surface area contributed by atoms with Crippen LogP contribution < -0.4 is 0 Å². The first-order valence-electron chi connectivity index (χ1n) is 6.53. The standard InChI is InChI=1S/C13H21F2NO2/c1-2-3-4-9-18-10-12(17)16-7-5-11(6-8-16)13(14)15/h2-10H2,1H3. The van der Waals surface area contributed by atoms with E-state index in [0.29, 0.717) is 19.7 Å². The van der Waals surface area contributed by atoms with Crippen molar-refractivity contribution in [2.75, 3.05) is 26.3 Å². The summed E-state index contributed by atoms with van der Waals surface area (Å²) < 4.78 is 29.9. The second-order valence-electron chi connectivity index (χ2n) is 4.50. The first-order valence-corrected chi connectivity index (χ1v) is 6.53. The van der Waals surface area contributed by atoms with Crippen molar-refractivity contribution in [3.8, 4) is 0 Å². The number of amides is 1. The molecule has 0 unspecified atom stereocenters. The van der Waals surface area contributed by atoms with Crippen molar-refractivity contribution < 1.29 is 18.3 Å². The molecule has 0 atom stereocenters. The van der Waals surface area contributed by atoms with E-state index in [1.165, 1.54) is 0 Å². The first-order chi connectivity index (χ1) is 8.65. The van der Waals surface area contributed by atoms with Crippen molar-refractivity contribution in [1.82, 2.24) is 4.90 Å². The minimum Gasteiger partial charge on any atom is -0.372 e. The Labute approximate surface area is 107 Å². The van der Waals surface area contributed by atoms with Gasteiger partial charge in [-0.25, -0.2) is 0 Å². The van der Waals surface area contributed by atoms with E-state index < -0.39 is 6.08 Å². The van der Waals surface area contributed by atoms with E-state index in [1.807, 2.05) is 0 Å². The van der Waals surface area contributed by atoms with Gasteiger partial charge in [-0.2, -0.15) is 8.78 Å². The molecule has 0 spiro atoms. The minimum absolute atomic E-state index is 0.0703. The molecule has 3 nitrogen and oxygen atoms in total. The van der Waals surface area contributed by atoms with Crippen LogP contribution in [0.25, 0.3) is 0 Å². The van der Waals surface area contributed by atoms with Gasteiger partial charge in [-0.1, -0.05) is 19.8 Å². The molecule has 0 N–H and O–H groups in total. The molecule has 1 heterocycles. The number of halogens is 2. The molecule has 0 saturated carbocycles. The average Bonchev–Trinajstić information content (AvgIpc) is 2.38. The predicted octanol–water partition coefficient (Wildman–Crippen LogP) is 2.97. The fourth-order valence-electron chi connectivity index (χ4n) is 1.92. The zero-order valence-corrected chi connectivity index (χ0v) is 10.9. The van der Waals surface area contributed by atoms with E-state index in [-0.39, 0.29) is 30.9 Å². The molecule has 1 saturated heterocycles. The molecule has 1 aliphatic rings. The van der Waals surface area contributed by atoms with Gasteiger partial charge in [0.1, 0.15) is 6.61 Å². The maximum absolute atomic E-state index is 12.3. The Balaban J connectivity index is 2.18. The number of likely N-dealkylation sites (tertiary alicyclic amines) is 1. The van der Waals surface area contributed by atoms with Gasteiger partial charge < -0.3 is 9.64 Å². The van der Waals surface area contributed by atoms with Crippen LogP contribution in [-0.2, 0) is 9.53 Å². The van der Waals surface area contributed by atoms with Crippen LogP contribution in [-0.4, -0.2) is 37.1 Å². The Hall–Kier alpha value is -0.970. The number of hydrogen-bond donors (Lipinski definition) is 0. The molecule has 18 heavy (non-hydrogen) atoms. The van der Waals surface area contributed by atoms with Crippen molar-refractivity contribution >= 4 is 5.91 Å². The fraction of sp³-hybridized carbons (Fsp3) is 0.769. The lowest BCUT2D eigenvalue weighted by Gasteiger charge is -2.27. The third-order valence-electron chi connectivity index (χ3n) is 3.10. The van der Waals surface area contributed by atoms with Crippen LogP contribution in [0.15, 0.2) is 11.7 Å². The Morgan fingerprint density at radius 1 is 1.28 bits per heavy atom. The Morgan fingerprint density at radius 3 is 2.50 bits per heavy atom. The van der Waals surface area contributed by atoms with Gasteiger partial charge in [0, 0.05) is 19.7 Å². The number of piperidine rings is 1. The molecule has 0 aromatic heterocycles. The van der Waals surface area contributed by atoms with E-state index in [1.54, 1.807) is 4.90 Å². The largest absolute Gasteiger partial charge is 0.372 e. The zero-order valence-electron chi connectivity index (χ0n) is 10.9. The summed E-state index contributed by atoms with van der Waals surface area (Å²) in [6, 6.07) is 0. The summed E-state index contributed by atoms with van der Waals surface area (Å²) in [5.74, 6) is -0.0928. The third kappa shape index (κ3) is 5.12. The highest BCUT2D eigenvalue weighted by Gasteiger charge is 2.21. The van der Waals surface area contributed by atoms with Crippen LogP contribution in [0.5, 0.6) is 0 Å². The molecular weight excluding hydrogens is 240 g/mol. The maximum Gasteiger partial charge on any atom is 0.269 e. The smallest absolute Gasteiger partial charge is 0.269 e. The fourth-order valence-corrected chi connectivity index (χ4v) is 1.92. The maximum atomic E-state index is 12.3. The summed E-state index contributed by atoms with van der Waals surface area (Å²) in [6.45, 7) is 3.53. The quantitative estimate of drug-likeness (QED) is 0.688. The summed E-state index contributed by atoms with van der Waals surface area (Å²) in [6.07, 6.45) is 2.16. The molecule has 1 rings (SSSR count). The van der Waals surface area contributed by atoms with Crippen LogP contribution in [0.4, 0.5) is 8.78 Å². The van der Waals surface area contributed by atoms with Gasteiger partial charge in [-0.3, -0.25) is 4.79 Å². The summed E-state index contributed by atoms with van der Waals surface area (Å²) in [4.78, 5) is 13.3.